The molecular formula is C4H8N4. The lowest BCUT2D eigenvalue weighted by Crippen LogP contribution is -2.05. The van der Waals surface area contributed by atoms with E-state index in [1.807, 2.05) is 7.05 Å². The van der Waals surface area contributed by atoms with E-state index in [1.54, 1.807) is 4.68 Å². The van der Waals surface area contributed by atoms with Crippen LogP contribution in [0.25, 0.3) is 0 Å². The third-order valence-corrected chi connectivity index (χ3v) is 0.988. The van der Waals surface area contributed by atoms with Crippen LogP contribution in [0.4, 0.5) is 0 Å². The van der Waals surface area contributed by atoms with E-state index in [9.17, 15) is 0 Å². The van der Waals surface area contributed by atoms with Gasteiger partial charge in [-0.2, -0.15) is 5.10 Å². The van der Waals surface area contributed by atoms with Crippen molar-refractivity contribution in [2.45, 2.75) is 6.54 Å². The van der Waals surface area contributed by atoms with Crippen molar-refractivity contribution in [3.05, 3.63) is 12.2 Å². The summed E-state index contributed by atoms with van der Waals surface area (Å²) in [5, 5.41) is 3.81. The Bertz CT molecular complexity index is 168. The smallest absolute Gasteiger partial charge is 0.140 e. The lowest BCUT2D eigenvalue weighted by atomic mass is 10.6. The van der Waals surface area contributed by atoms with Crippen molar-refractivity contribution in [3.63, 3.8) is 0 Å². The molecule has 0 amide bonds. The van der Waals surface area contributed by atoms with E-state index in [2.05, 4.69) is 10.1 Å². The molecule has 0 bridgehead atoms. The molecule has 4 nitrogen and oxygen atoms in total. The third kappa shape index (κ3) is 0.696. The Morgan fingerprint density at radius 1 is 1.88 bits per heavy atom. The minimum absolute atomic E-state index is 0.455. The summed E-state index contributed by atoms with van der Waals surface area (Å²) in [5.74, 6) is 0.810. The molecule has 0 aliphatic rings. The molecule has 0 aliphatic heterocycles. The van der Waals surface area contributed by atoms with Crippen LogP contribution in [0.5, 0.6) is 0 Å². The van der Waals surface area contributed by atoms with Crippen LogP contribution in [0, 0.1) is 0 Å². The SMILES string of the molecule is Cn1ncnc1CN. The number of rotatable bonds is 1. The van der Waals surface area contributed by atoms with Gasteiger partial charge in [-0.05, 0) is 0 Å². The average molecular weight is 112 g/mol. The molecule has 0 fully saturated rings. The van der Waals surface area contributed by atoms with Crippen molar-refractivity contribution < 1.29 is 0 Å². The van der Waals surface area contributed by atoms with Crippen molar-refractivity contribution >= 4 is 0 Å². The summed E-state index contributed by atoms with van der Waals surface area (Å²) < 4.78 is 1.65. The molecule has 1 rings (SSSR count). The van der Waals surface area contributed by atoms with Crippen molar-refractivity contribution in [2.24, 2.45) is 12.8 Å². The van der Waals surface area contributed by atoms with Gasteiger partial charge < -0.3 is 5.73 Å². The fourth-order valence-electron chi connectivity index (χ4n) is 0.505. The van der Waals surface area contributed by atoms with Gasteiger partial charge in [0.15, 0.2) is 0 Å². The molecule has 0 unspecified atom stereocenters. The maximum atomic E-state index is 5.27. The Morgan fingerprint density at radius 2 is 2.62 bits per heavy atom. The lowest BCUT2D eigenvalue weighted by Gasteiger charge is -1.90. The van der Waals surface area contributed by atoms with Gasteiger partial charge in [0.1, 0.15) is 12.2 Å². The Hall–Kier alpha value is -0.900. The molecule has 0 saturated carbocycles. The zero-order chi connectivity index (χ0) is 5.98. The van der Waals surface area contributed by atoms with Gasteiger partial charge >= 0.3 is 0 Å². The predicted molar refractivity (Wildman–Crippen MR) is 28.9 cm³/mol. The fraction of sp³-hybridized carbons (Fsp3) is 0.500. The second kappa shape index (κ2) is 1.92. The molecule has 0 atom stereocenters. The molecule has 1 aromatic heterocycles. The largest absolute Gasteiger partial charge is 0.324 e. The number of aromatic nitrogens is 3. The first-order valence-corrected chi connectivity index (χ1v) is 2.37. The Morgan fingerprint density at radius 3 is 2.88 bits per heavy atom. The summed E-state index contributed by atoms with van der Waals surface area (Å²) in [6.07, 6.45) is 1.49. The van der Waals surface area contributed by atoms with Gasteiger partial charge in [0, 0.05) is 7.05 Å². The Kier molecular flexibility index (Phi) is 1.26. The molecule has 1 aromatic rings. The fourth-order valence-corrected chi connectivity index (χ4v) is 0.505. The topological polar surface area (TPSA) is 56.7 Å². The summed E-state index contributed by atoms with van der Waals surface area (Å²) >= 11 is 0. The van der Waals surface area contributed by atoms with Crippen LogP contribution in [0.3, 0.4) is 0 Å². The Labute approximate surface area is 47.3 Å². The van der Waals surface area contributed by atoms with E-state index in [0.29, 0.717) is 6.54 Å². The van der Waals surface area contributed by atoms with E-state index in [-0.39, 0.29) is 0 Å². The number of aryl methyl sites for hydroxylation is 1. The molecule has 0 saturated heterocycles. The molecule has 2 N–H and O–H groups in total. The maximum Gasteiger partial charge on any atom is 0.140 e. The number of hydrogen-bond acceptors (Lipinski definition) is 3. The number of nitrogens with two attached hydrogens (primary N) is 1. The Balaban J connectivity index is 2.92. The van der Waals surface area contributed by atoms with Gasteiger partial charge in [-0.1, -0.05) is 0 Å². The van der Waals surface area contributed by atoms with E-state index in [4.69, 9.17) is 5.73 Å². The highest BCUT2D eigenvalue weighted by atomic mass is 15.3. The van der Waals surface area contributed by atoms with Gasteiger partial charge in [0.25, 0.3) is 0 Å². The first kappa shape index (κ1) is 5.24. The molecule has 0 aromatic carbocycles. The highest BCUT2D eigenvalue weighted by Crippen LogP contribution is 1.84. The summed E-state index contributed by atoms with van der Waals surface area (Å²) in [6.45, 7) is 0.455. The molecule has 4 heteroatoms. The zero-order valence-corrected chi connectivity index (χ0v) is 4.70. The molecular weight excluding hydrogens is 104 g/mol. The normalized spacial score (nSPS) is 9.75. The summed E-state index contributed by atoms with van der Waals surface area (Å²) in [7, 11) is 1.81. The zero-order valence-electron chi connectivity index (χ0n) is 4.70. The minimum atomic E-state index is 0.455. The first-order chi connectivity index (χ1) is 3.84. The molecule has 0 aliphatic carbocycles. The van der Waals surface area contributed by atoms with Crippen molar-refractivity contribution in [1.82, 2.24) is 14.8 Å². The van der Waals surface area contributed by atoms with Crippen LogP contribution < -0.4 is 5.73 Å². The lowest BCUT2D eigenvalue weighted by molar-refractivity contribution is 0.702. The molecule has 1 heterocycles. The van der Waals surface area contributed by atoms with Gasteiger partial charge in [0.05, 0.1) is 6.54 Å². The predicted octanol–water partition coefficient (Wildman–Crippen LogP) is -0.726. The highest BCUT2D eigenvalue weighted by Gasteiger charge is 1.92. The number of hydrogen-bond donors (Lipinski definition) is 1. The van der Waals surface area contributed by atoms with E-state index in [1.165, 1.54) is 6.33 Å². The maximum absolute atomic E-state index is 5.27. The molecule has 0 radical (unpaired) electrons. The number of nitrogens with zero attached hydrogens (tertiary/aromatic N) is 3. The highest BCUT2D eigenvalue weighted by molar-refractivity contribution is 4.79. The molecule has 44 valence electrons. The third-order valence-electron chi connectivity index (χ3n) is 0.988. The van der Waals surface area contributed by atoms with Crippen molar-refractivity contribution in [1.29, 1.82) is 0 Å². The van der Waals surface area contributed by atoms with Gasteiger partial charge in [-0.3, -0.25) is 4.68 Å². The van der Waals surface area contributed by atoms with Crippen molar-refractivity contribution in [3.8, 4) is 0 Å². The van der Waals surface area contributed by atoms with E-state index >= 15 is 0 Å². The van der Waals surface area contributed by atoms with Crippen LogP contribution in [-0.4, -0.2) is 14.8 Å². The van der Waals surface area contributed by atoms with Crippen LogP contribution in [0.1, 0.15) is 5.82 Å². The van der Waals surface area contributed by atoms with Crippen LogP contribution >= 0.6 is 0 Å². The summed E-state index contributed by atoms with van der Waals surface area (Å²) in [6, 6.07) is 0. The van der Waals surface area contributed by atoms with Gasteiger partial charge in [-0.25, -0.2) is 4.98 Å². The first-order valence-electron chi connectivity index (χ1n) is 2.37. The van der Waals surface area contributed by atoms with Crippen LogP contribution in [-0.2, 0) is 13.6 Å². The summed E-state index contributed by atoms with van der Waals surface area (Å²) in [4.78, 5) is 3.86. The molecule has 8 heavy (non-hydrogen) atoms. The van der Waals surface area contributed by atoms with Gasteiger partial charge in [0.2, 0.25) is 0 Å². The van der Waals surface area contributed by atoms with Crippen LogP contribution in [0.2, 0.25) is 0 Å². The van der Waals surface area contributed by atoms with Crippen LogP contribution in [0.15, 0.2) is 6.33 Å². The second-order valence-electron chi connectivity index (χ2n) is 1.50. The second-order valence-corrected chi connectivity index (χ2v) is 1.50. The standard InChI is InChI=1S/C4H8N4/c1-8-4(2-5)6-3-7-8/h3H,2,5H2,1H3. The summed E-state index contributed by atoms with van der Waals surface area (Å²) in [5.41, 5.74) is 5.27. The van der Waals surface area contributed by atoms with E-state index in [0.717, 1.165) is 5.82 Å². The average Bonchev–Trinajstić information content (AvgIpc) is 2.14. The molecule has 0 spiro atoms. The monoisotopic (exact) mass is 112 g/mol. The van der Waals surface area contributed by atoms with Crippen molar-refractivity contribution in [2.75, 3.05) is 0 Å². The minimum Gasteiger partial charge on any atom is -0.324 e. The quantitative estimate of drug-likeness (QED) is 0.521. The van der Waals surface area contributed by atoms with Gasteiger partial charge in [-0.15, -0.1) is 0 Å². The van der Waals surface area contributed by atoms with E-state index < -0.39 is 0 Å².